The highest BCUT2D eigenvalue weighted by atomic mass is 127. The van der Waals surface area contributed by atoms with Crippen molar-refractivity contribution in [3.63, 3.8) is 0 Å². The van der Waals surface area contributed by atoms with Crippen molar-refractivity contribution in [2.75, 3.05) is 7.11 Å². The van der Waals surface area contributed by atoms with Crippen molar-refractivity contribution in [1.29, 1.82) is 0 Å². The Balaban J connectivity index is 1.51. The van der Waals surface area contributed by atoms with Gasteiger partial charge in [-0.3, -0.25) is 9.48 Å². The van der Waals surface area contributed by atoms with E-state index in [1.165, 1.54) is 25.8 Å². The molecule has 0 spiro atoms. The molecular weight excluding hydrogens is 743 g/mol. The van der Waals surface area contributed by atoms with Crippen molar-refractivity contribution in [2.24, 2.45) is 0 Å². The van der Waals surface area contributed by atoms with Gasteiger partial charge in [0.05, 0.1) is 36.3 Å². The quantitative estimate of drug-likeness (QED) is 0.176. The zero-order valence-electron chi connectivity index (χ0n) is 27.3. The van der Waals surface area contributed by atoms with E-state index in [-0.39, 0.29) is 17.2 Å². The molecule has 2 aromatic carbocycles. The maximum atomic E-state index is 13.4. The van der Waals surface area contributed by atoms with Crippen LogP contribution in [0, 0.1) is 3.70 Å². The average molecular weight is 783 g/mol. The first-order valence-electron chi connectivity index (χ1n) is 16.6. The van der Waals surface area contributed by atoms with Gasteiger partial charge in [0, 0.05) is 22.0 Å². The fourth-order valence-corrected chi connectivity index (χ4v) is 8.76. The number of ether oxygens (including phenoxy) is 1. The summed E-state index contributed by atoms with van der Waals surface area (Å²) >= 11 is 2.03. The molecule has 12 heteroatoms. The van der Waals surface area contributed by atoms with Gasteiger partial charge in [0.25, 0.3) is 5.91 Å². The molecule has 0 radical (unpaired) electrons. The van der Waals surface area contributed by atoms with Crippen LogP contribution < -0.4 is 9.46 Å². The highest BCUT2D eigenvalue weighted by Crippen LogP contribution is 2.48. The molecule has 2 saturated carbocycles. The van der Waals surface area contributed by atoms with Gasteiger partial charge in [-0.1, -0.05) is 25.3 Å². The number of carboxylic acids is 1. The lowest BCUT2D eigenvalue weighted by Crippen LogP contribution is -2.35. The van der Waals surface area contributed by atoms with Crippen LogP contribution in [0.3, 0.4) is 0 Å². The van der Waals surface area contributed by atoms with E-state index in [0.29, 0.717) is 27.6 Å². The molecular formula is C36H39IN4O6S. The van der Waals surface area contributed by atoms with Gasteiger partial charge >= 0.3 is 5.97 Å². The second kappa shape index (κ2) is 12.7. The fourth-order valence-electron chi connectivity index (χ4n) is 7.43. The average Bonchev–Trinajstić information content (AvgIpc) is 3.47. The summed E-state index contributed by atoms with van der Waals surface area (Å²) in [5.41, 5.74) is 6.78. The number of aromatic nitrogens is 3. The van der Waals surface area contributed by atoms with Crippen LogP contribution >= 0.6 is 22.6 Å². The Morgan fingerprint density at radius 2 is 1.77 bits per heavy atom. The molecule has 3 aliphatic rings. The van der Waals surface area contributed by atoms with E-state index in [2.05, 4.69) is 21.4 Å². The van der Waals surface area contributed by atoms with E-state index in [1.54, 1.807) is 19.2 Å². The van der Waals surface area contributed by atoms with Gasteiger partial charge in [0.15, 0.2) is 0 Å². The number of amides is 1. The number of benzene rings is 2. The zero-order valence-corrected chi connectivity index (χ0v) is 30.2. The first-order valence-corrected chi connectivity index (χ1v) is 19.2. The zero-order chi connectivity index (χ0) is 33.9. The normalized spacial score (nSPS) is 17.0. The number of nitrogens with zero attached hydrogens (tertiary/aromatic N) is 3. The van der Waals surface area contributed by atoms with Gasteiger partial charge in [0.2, 0.25) is 10.0 Å². The number of halogens is 1. The number of methoxy groups -OCH3 is 1. The van der Waals surface area contributed by atoms with Crippen molar-refractivity contribution in [3.8, 4) is 17.0 Å². The Bertz CT molecular complexity index is 2100. The smallest absolute Gasteiger partial charge is 0.340 e. The Labute approximate surface area is 293 Å². The Hall–Kier alpha value is -3.65. The van der Waals surface area contributed by atoms with Crippen LogP contribution in [0.15, 0.2) is 36.4 Å². The third kappa shape index (κ3) is 5.64. The summed E-state index contributed by atoms with van der Waals surface area (Å²) in [6.07, 6.45) is 10.5. The number of hydrogen-bond acceptors (Lipinski definition) is 6. The van der Waals surface area contributed by atoms with E-state index < -0.39 is 27.1 Å². The lowest BCUT2D eigenvalue weighted by Gasteiger charge is -2.28. The summed E-state index contributed by atoms with van der Waals surface area (Å²) in [7, 11) is -2.20. The number of carbonyl (C=O) groups is 2. The largest absolute Gasteiger partial charge is 0.497 e. The van der Waals surface area contributed by atoms with E-state index >= 15 is 0 Å². The minimum absolute atomic E-state index is 0.118. The van der Waals surface area contributed by atoms with Gasteiger partial charge in [0.1, 0.15) is 15.0 Å². The number of carbonyl (C=O) groups excluding carboxylic acids is 1. The molecule has 4 aromatic rings. The van der Waals surface area contributed by atoms with Crippen molar-refractivity contribution in [3.05, 3.63) is 68.0 Å². The number of carboxylic acid groups (broad SMARTS) is 1. The molecule has 1 amide bonds. The maximum Gasteiger partial charge on any atom is 0.340 e. The fraction of sp³-hybridized carbons (Fsp3) is 0.417. The van der Waals surface area contributed by atoms with Crippen LogP contribution in [0.25, 0.3) is 33.8 Å². The monoisotopic (exact) mass is 782 g/mol. The highest BCUT2D eigenvalue weighted by molar-refractivity contribution is 14.1. The van der Waals surface area contributed by atoms with Crippen LogP contribution in [0.4, 0.5) is 0 Å². The second-order valence-electron chi connectivity index (χ2n) is 13.4. The van der Waals surface area contributed by atoms with Crippen LogP contribution in [-0.2, 0) is 16.6 Å². The molecule has 0 bridgehead atoms. The summed E-state index contributed by atoms with van der Waals surface area (Å²) in [5, 5.41) is 15.5. The lowest BCUT2D eigenvalue weighted by molar-refractivity contribution is 0.0694. The van der Waals surface area contributed by atoms with E-state index in [1.807, 2.05) is 45.5 Å². The summed E-state index contributed by atoms with van der Waals surface area (Å²) in [6, 6.07) is 11.6. The van der Waals surface area contributed by atoms with Crippen LogP contribution in [0.1, 0.15) is 115 Å². The second-order valence-corrected chi connectivity index (χ2v) is 16.7. The predicted octanol–water partition coefficient (Wildman–Crippen LogP) is 7.61. The summed E-state index contributed by atoms with van der Waals surface area (Å²) in [4.78, 5) is 26.2. The number of nitrogens with one attached hydrogen (secondary N) is 1. The van der Waals surface area contributed by atoms with Gasteiger partial charge in [-0.25, -0.2) is 17.9 Å². The minimum atomic E-state index is -3.84. The van der Waals surface area contributed by atoms with Gasteiger partial charge in [-0.05, 0) is 128 Å². The lowest BCUT2D eigenvalue weighted by atomic mass is 9.81. The minimum Gasteiger partial charge on any atom is -0.497 e. The van der Waals surface area contributed by atoms with Gasteiger partial charge in [-0.15, -0.1) is 0 Å². The van der Waals surface area contributed by atoms with Crippen LogP contribution in [0.2, 0.25) is 0 Å². The number of rotatable bonds is 8. The number of hydrogen-bond donors (Lipinski definition) is 2. The number of allylic oxidation sites excluding steroid dienone is 1. The molecule has 10 nitrogen and oxygen atoms in total. The SMILES string of the molecule is COc1ccc2c(c1)C=C(c1c(C(=O)O)c(I)nn1C1CCC1)Cn1c-2c(C2CCCCC2)c2ccc(C(=O)NS(=O)(=O)C(C)C)cc21. The Kier molecular flexibility index (Phi) is 8.67. The summed E-state index contributed by atoms with van der Waals surface area (Å²) in [6.45, 7) is 3.40. The Morgan fingerprint density at radius 1 is 1.02 bits per heavy atom. The molecule has 0 atom stereocenters. The third-order valence-corrected chi connectivity index (χ3v) is 12.7. The summed E-state index contributed by atoms with van der Waals surface area (Å²) in [5.74, 6) is -0.715. The third-order valence-electron chi connectivity index (χ3n) is 10.2. The molecule has 2 fully saturated rings. The molecule has 252 valence electrons. The van der Waals surface area contributed by atoms with Crippen molar-refractivity contribution in [1.82, 2.24) is 19.1 Å². The summed E-state index contributed by atoms with van der Waals surface area (Å²) < 4.78 is 37.8. The number of fused-ring (bicyclic) bond motifs is 5. The molecule has 3 heterocycles. The van der Waals surface area contributed by atoms with Gasteiger partial charge < -0.3 is 14.4 Å². The van der Waals surface area contributed by atoms with E-state index in [4.69, 9.17) is 9.84 Å². The molecule has 2 aromatic heterocycles. The predicted molar refractivity (Wildman–Crippen MR) is 194 cm³/mol. The highest BCUT2D eigenvalue weighted by Gasteiger charge is 2.35. The molecule has 2 aliphatic carbocycles. The van der Waals surface area contributed by atoms with Gasteiger partial charge in [-0.2, -0.15) is 5.10 Å². The standard InChI is InChI=1S/C36H39IN4O6S/c1-20(2)48(45,46)39-35(42)22-12-14-28-29(18-22)40-19-24(32-31(36(43)44)34(37)38-41(32)25-10-7-11-25)16-23-17-26(47-3)13-15-27(23)33(40)30(28)21-8-5-4-6-9-21/h12-18,20-21,25H,4-11,19H2,1-3H3,(H,39,42)(H,43,44). The molecule has 0 unspecified atom stereocenters. The molecule has 0 saturated heterocycles. The molecule has 2 N–H and O–H groups in total. The molecule has 1 aliphatic heterocycles. The van der Waals surface area contributed by atoms with Crippen molar-refractivity contribution in [2.45, 2.75) is 89.0 Å². The topological polar surface area (TPSA) is 133 Å². The number of aromatic carboxylic acids is 1. The molecule has 48 heavy (non-hydrogen) atoms. The van der Waals surface area contributed by atoms with Crippen molar-refractivity contribution >= 4 is 67.0 Å². The molecule has 7 rings (SSSR count). The Morgan fingerprint density at radius 3 is 2.42 bits per heavy atom. The first-order chi connectivity index (χ1) is 23.0. The number of sulfonamides is 1. The van der Waals surface area contributed by atoms with Crippen molar-refractivity contribution < 1.29 is 27.9 Å². The maximum absolute atomic E-state index is 13.4. The van der Waals surface area contributed by atoms with E-state index in [0.717, 1.165) is 78.2 Å². The van der Waals surface area contributed by atoms with E-state index in [9.17, 15) is 23.1 Å². The first kappa shape index (κ1) is 32.9. The van der Waals surface area contributed by atoms with Crippen LogP contribution in [0.5, 0.6) is 5.75 Å². The van der Waals surface area contributed by atoms with Crippen LogP contribution in [-0.4, -0.2) is 52.1 Å².